The fraction of sp³-hybridized carbons (Fsp3) is 0.273. The van der Waals surface area contributed by atoms with Crippen molar-refractivity contribution in [2.75, 3.05) is 18.5 Å². The highest BCUT2D eigenvalue weighted by molar-refractivity contribution is 6.09. The number of carbonyl (C=O) groups is 2. The second-order valence-corrected chi connectivity index (χ2v) is 7.35. The Labute approximate surface area is 169 Å². The molecule has 0 saturated carbocycles. The van der Waals surface area contributed by atoms with Gasteiger partial charge in [-0.15, -0.1) is 10.2 Å². The minimum absolute atomic E-state index is 0.0449. The Bertz CT molecular complexity index is 1000. The summed E-state index contributed by atoms with van der Waals surface area (Å²) in [4.78, 5) is 27.9. The Morgan fingerprint density at radius 1 is 1.03 bits per heavy atom. The molecule has 2 heterocycles. The summed E-state index contributed by atoms with van der Waals surface area (Å²) in [7, 11) is 1.78. The van der Waals surface area contributed by atoms with Crippen LogP contribution in [0.15, 0.2) is 67.3 Å². The Hall–Kier alpha value is -3.48. The van der Waals surface area contributed by atoms with Crippen molar-refractivity contribution in [2.45, 2.75) is 24.8 Å². The van der Waals surface area contributed by atoms with Crippen molar-refractivity contribution in [3.05, 3.63) is 78.4 Å². The van der Waals surface area contributed by atoms with Crippen LogP contribution >= 0.6 is 0 Å². The summed E-state index contributed by atoms with van der Waals surface area (Å²) in [5, 5.41) is 10.4. The third-order valence-corrected chi connectivity index (χ3v) is 5.46. The average Bonchev–Trinajstić information content (AvgIpc) is 3.32. The predicted octanol–water partition coefficient (Wildman–Crippen LogP) is 1.94. The largest absolute Gasteiger partial charge is 0.354 e. The van der Waals surface area contributed by atoms with Crippen molar-refractivity contribution in [3.63, 3.8) is 0 Å². The highest BCUT2D eigenvalue weighted by Gasteiger charge is 2.50. The predicted molar refractivity (Wildman–Crippen MR) is 109 cm³/mol. The first-order valence-electron chi connectivity index (χ1n) is 9.61. The van der Waals surface area contributed by atoms with E-state index in [9.17, 15) is 9.59 Å². The van der Waals surface area contributed by atoms with Gasteiger partial charge in [0.25, 0.3) is 0 Å². The number of para-hydroxylation sites is 1. The molecule has 7 heteroatoms. The number of nitrogens with one attached hydrogen (secondary N) is 1. The van der Waals surface area contributed by atoms with Crippen LogP contribution in [0.3, 0.4) is 0 Å². The van der Waals surface area contributed by atoms with Crippen LogP contribution in [0.1, 0.15) is 17.5 Å². The van der Waals surface area contributed by atoms with E-state index in [0.717, 1.165) is 16.8 Å². The van der Waals surface area contributed by atoms with Gasteiger partial charge in [0, 0.05) is 32.2 Å². The molecule has 0 fully saturated rings. The van der Waals surface area contributed by atoms with Gasteiger partial charge in [-0.25, -0.2) is 0 Å². The van der Waals surface area contributed by atoms with Gasteiger partial charge in [0.15, 0.2) is 0 Å². The van der Waals surface area contributed by atoms with Crippen molar-refractivity contribution in [3.8, 4) is 0 Å². The number of rotatable bonds is 7. The van der Waals surface area contributed by atoms with Crippen molar-refractivity contribution >= 4 is 17.5 Å². The second kappa shape index (κ2) is 7.87. The Balaban J connectivity index is 1.59. The van der Waals surface area contributed by atoms with Gasteiger partial charge < -0.3 is 14.8 Å². The highest BCUT2D eigenvalue weighted by atomic mass is 16.2. The van der Waals surface area contributed by atoms with Crippen molar-refractivity contribution in [1.29, 1.82) is 0 Å². The molecule has 1 N–H and O–H groups in total. The summed E-state index contributed by atoms with van der Waals surface area (Å²) in [6.45, 7) is 1.03. The number of fused-ring (bicyclic) bond motifs is 1. The molecular weight excluding hydrogens is 366 g/mol. The lowest BCUT2D eigenvalue weighted by atomic mass is 9.73. The third kappa shape index (κ3) is 3.63. The molecule has 1 atom stereocenters. The van der Waals surface area contributed by atoms with Gasteiger partial charge in [-0.3, -0.25) is 9.59 Å². The molecule has 1 aliphatic rings. The molecule has 2 aromatic carbocycles. The van der Waals surface area contributed by atoms with E-state index in [-0.39, 0.29) is 18.2 Å². The molecule has 0 aliphatic carbocycles. The number of likely N-dealkylation sites (N-methyl/N-ethyl adjacent to an activating group) is 1. The summed E-state index contributed by atoms with van der Waals surface area (Å²) >= 11 is 0. The minimum Gasteiger partial charge on any atom is -0.354 e. The third-order valence-electron chi connectivity index (χ3n) is 5.46. The summed E-state index contributed by atoms with van der Waals surface area (Å²) in [5.74, 6) is -0.191. The molecule has 7 nitrogen and oxygen atoms in total. The van der Waals surface area contributed by atoms with Crippen molar-refractivity contribution in [1.82, 2.24) is 20.1 Å². The second-order valence-electron chi connectivity index (χ2n) is 7.35. The van der Waals surface area contributed by atoms with Crippen LogP contribution in [0, 0.1) is 0 Å². The van der Waals surface area contributed by atoms with E-state index < -0.39 is 5.41 Å². The Morgan fingerprint density at radius 2 is 1.72 bits per heavy atom. The fourth-order valence-electron chi connectivity index (χ4n) is 4.06. The first-order chi connectivity index (χ1) is 14.1. The van der Waals surface area contributed by atoms with Gasteiger partial charge in [0.2, 0.25) is 11.8 Å². The van der Waals surface area contributed by atoms with E-state index in [1.807, 2.05) is 54.6 Å². The quantitative estimate of drug-likeness (QED) is 0.670. The smallest absolute Gasteiger partial charge is 0.238 e. The van der Waals surface area contributed by atoms with Crippen LogP contribution in [-0.4, -0.2) is 40.2 Å². The van der Waals surface area contributed by atoms with Crippen LogP contribution in [0.4, 0.5) is 5.69 Å². The number of nitrogens with zero attached hydrogens (tertiary/aromatic N) is 4. The lowest BCUT2D eigenvalue weighted by Crippen LogP contribution is -2.44. The number of hydrogen-bond acceptors (Lipinski definition) is 4. The Morgan fingerprint density at radius 3 is 2.48 bits per heavy atom. The fourth-order valence-corrected chi connectivity index (χ4v) is 4.06. The SMILES string of the molecule is CN1C(=O)[C@](CC(=O)NCCn2cnnc2)(Cc2ccccc2)c2ccccc21. The summed E-state index contributed by atoms with van der Waals surface area (Å²) in [6.07, 6.45) is 3.79. The zero-order chi connectivity index (χ0) is 20.3. The van der Waals surface area contributed by atoms with Gasteiger partial charge in [0.05, 0.1) is 5.41 Å². The van der Waals surface area contributed by atoms with Crippen molar-refractivity contribution < 1.29 is 9.59 Å². The molecule has 3 aromatic rings. The normalized spacial score (nSPS) is 18.0. The number of aromatic nitrogens is 3. The Kier molecular flexibility index (Phi) is 5.12. The molecule has 0 radical (unpaired) electrons. The molecule has 2 amide bonds. The maximum Gasteiger partial charge on any atom is 0.238 e. The molecule has 0 unspecified atom stereocenters. The maximum absolute atomic E-state index is 13.4. The van der Waals surface area contributed by atoms with E-state index in [4.69, 9.17) is 0 Å². The first kappa shape index (κ1) is 18.9. The van der Waals surface area contributed by atoms with Gasteiger partial charge in [-0.05, 0) is 23.6 Å². The number of benzene rings is 2. The van der Waals surface area contributed by atoms with Crippen LogP contribution in [-0.2, 0) is 28.0 Å². The molecule has 148 valence electrons. The van der Waals surface area contributed by atoms with Crippen LogP contribution in [0.2, 0.25) is 0 Å². The minimum atomic E-state index is -0.909. The zero-order valence-electron chi connectivity index (χ0n) is 16.3. The molecular formula is C22H23N5O2. The molecule has 1 aliphatic heterocycles. The molecule has 0 saturated heterocycles. The number of hydrogen-bond donors (Lipinski definition) is 1. The van der Waals surface area contributed by atoms with Gasteiger partial charge >= 0.3 is 0 Å². The standard InChI is InChI=1S/C22H23N5O2/c1-26-19-10-6-5-9-18(19)22(21(26)29,13-17-7-3-2-4-8-17)14-20(28)23-11-12-27-15-24-25-16-27/h2-10,15-16H,11-14H2,1H3,(H,23,28)/t22-/m0/s1. The van der Waals surface area contributed by atoms with E-state index in [1.165, 1.54) is 0 Å². The summed E-state index contributed by atoms with van der Waals surface area (Å²) in [5.41, 5.74) is 1.90. The van der Waals surface area contributed by atoms with E-state index >= 15 is 0 Å². The number of amides is 2. The number of carbonyl (C=O) groups excluding carboxylic acids is 2. The average molecular weight is 389 g/mol. The first-order valence-corrected chi connectivity index (χ1v) is 9.61. The lowest BCUT2D eigenvalue weighted by Gasteiger charge is -2.28. The monoisotopic (exact) mass is 389 g/mol. The van der Waals surface area contributed by atoms with Crippen LogP contribution < -0.4 is 10.2 Å². The van der Waals surface area contributed by atoms with Crippen LogP contribution in [0.5, 0.6) is 0 Å². The van der Waals surface area contributed by atoms with Gasteiger partial charge in [-0.2, -0.15) is 0 Å². The topological polar surface area (TPSA) is 80.1 Å². The van der Waals surface area contributed by atoms with E-state index in [1.54, 1.807) is 29.2 Å². The van der Waals surface area contributed by atoms with Gasteiger partial charge in [0.1, 0.15) is 12.7 Å². The summed E-state index contributed by atoms with van der Waals surface area (Å²) < 4.78 is 1.80. The number of anilines is 1. The van der Waals surface area contributed by atoms with Gasteiger partial charge in [-0.1, -0.05) is 48.5 Å². The van der Waals surface area contributed by atoms with Crippen molar-refractivity contribution in [2.24, 2.45) is 0 Å². The zero-order valence-corrected chi connectivity index (χ0v) is 16.3. The molecule has 0 spiro atoms. The molecule has 0 bridgehead atoms. The highest BCUT2D eigenvalue weighted by Crippen LogP contribution is 2.45. The molecule has 29 heavy (non-hydrogen) atoms. The van der Waals surface area contributed by atoms with Crippen LogP contribution in [0.25, 0.3) is 0 Å². The molecule has 4 rings (SSSR count). The maximum atomic E-state index is 13.4. The van der Waals surface area contributed by atoms with E-state index in [0.29, 0.717) is 19.5 Å². The molecule has 1 aromatic heterocycles. The van der Waals surface area contributed by atoms with E-state index in [2.05, 4.69) is 15.5 Å². The lowest BCUT2D eigenvalue weighted by molar-refractivity contribution is -0.129. The summed E-state index contributed by atoms with van der Waals surface area (Å²) in [6, 6.07) is 17.6.